The van der Waals surface area contributed by atoms with Crippen LogP contribution >= 0.6 is 15.9 Å². The zero-order valence-electron chi connectivity index (χ0n) is 13.3. The molecule has 5 N–H and O–H groups in total. The second-order valence-corrected chi connectivity index (χ2v) is 7.08. The van der Waals surface area contributed by atoms with E-state index >= 15 is 0 Å². The van der Waals surface area contributed by atoms with Crippen LogP contribution in [0.5, 0.6) is 0 Å². The number of hydrogen-bond donors (Lipinski definition) is 5. The third-order valence-corrected chi connectivity index (χ3v) is 5.54. The summed E-state index contributed by atoms with van der Waals surface area (Å²) in [6.07, 6.45) is 0. The summed E-state index contributed by atoms with van der Waals surface area (Å²) in [4.78, 5) is 42.7. The number of nitrogens with one attached hydrogen (secondary N) is 5. The molecular weight excluding hydrogens is 404 g/mol. The first-order chi connectivity index (χ1) is 12.4. The van der Waals surface area contributed by atoms with Crippen molar-refractivity contribution in [3.8, 4) is 0 Å². The molecule has 1 atom stereocenters. The summed E-state index contributed by atoms with van der Waals surface area (Å²) in [5, 5.41) is 12.9. The van der Waals surface area contributed by atoms with E-state index in [0.717, 1.165) is 0 Å². The summed E-state index contributed by atoms with van der Waals surface area (Å²) in [6.45, 7) is 1.78. The lowest BCUT2D eigenvalue weighted by Crippen LogP contribution is -2.46. The fourth-order valence-corrected chi connectivity index (χ4v) is 4.41. The number of halogens is 1. The molecule has 1 unspecified atom stereocenters. The Labute approximate surface area is 153 Å². The fraction of sp³-hybridized carbons (Fsp3) is 0.125. The lowest BCUT2D eigenvalue weighted by atomic mass is 9.69. The van der Waals surface area contributed by atoms with E-state index in [-0.39, 0.29) is 17.3 Å². The molecule has 9 nitrogen and oxygen atoms in total. The SMILES string of the molecule is Cc1[nH]nc2c1C1(C(=O)Nc3c(Br)cccc31)c1c([nH]c(=O)[nH]c1=O)N2. The van der Waals surface area contributed by atoms with Gasteiger partial charge in [0.25, 0.3) is 5.56 Å². The van der Waals surface area contributed by atoms with E-state index in [0.29, 0.717) is 32.8 Å². The van der Waals surface area contributed by atoms with Crippen LogP contribution in [0.25, 0.3) is 0 Å². The first-order valence-corrected chi connectivity index (χ1v) is 8.54. The van der Waals surface area contributed by atoms with E-state index in [9.17, 15) is 14.4 Å². The largest absolute Gasteiger partial charge is 0.327 e. The van der Waals surface area contributed by atoms with E-state index < -0.39 is 16.7 Å². The third-order valence-electron chi connectivity index (χ3n) is 4.88. The molecule has 3 aromatic rings. The summed E-state index contributed by atoms with van der Waals surface area (Å²) in [5.41, 5.74) is -0.202. The second-order valence-electron chi connectivity index (χ2n) is 6.22. The van der Waals surface area contributed by atoms with Gasteiger partial charge in [0.1, 0.15) is 11.2 Å². The van der Waals surface area contributed by atoms with E-state index in [1.807, 2.05) is 0 Å². The number of hydrogen-bond acceptors (Lipinski definition) is 5. The van der Waals surface area contributed by atoms with Gasteiger partial charge in [-0.25, -0.2) is 4.79 Å². The van der Waals surface area contributed by atoms with Crippen LogP contribution in [0, 0.1) is 6.92 Å². The summed E-state index contributed by atoms with van der Waals surface area (Å²) >= 11 is 3.45. The zero-order valence-corrected chi connectivity index (χ0v) is 14.9. The third kappa shape index (κ3) is 1.59. The highest BCUT2D eigenvalue weighted by Gasteiger charge is 2.57. The number of amides is 1. The number of aryl methyl sites for hydroxylation is 1. The smallest absolute Gasteiger partial charge is 0.324 e. The average Bonchev–Trinajstić information content (AvgIpc) is 3.08. The van der Waals surface area contributed by atoms with Gasteiger partial charge in [0.2, 0.25) is 5.91 Å². The molecule has 5 rings (SSSR count). The summed E-state index contributed by atoms with van der Waals surface area (Å²) in [7, 11) is 0. The predicted octanol–water partition coefficient (Wildman–Crippen LogP) is 1.20. The number of aromatic amines is 3. The van der Waals surface area contributed by atoms with Crippen LogP contribution in [0.3, 0.4) is 0 Å². The Balaban J connectivity index is 2.03. The average molecular weight is 415 g/mol. The quantitative estimate of drug-likeness (QED) is 0.376. The minimum Gasteiger partial charge on any atom is -0.324 e. The number of H-pyrrole nitrogens is 3. The standard InChI is InChI=1S/C16H11BrN6O3/c1-5-8-12(23-22-5)19-11-9(13(24)21-15(26)20-11)16(8)6-3-2-4-7(17)10(6)18-14(16)25/h2-4H,1H3,(H,18,25)(H4,19,20,21,22,23,24,26). The van der Waals surface area contributed by atoms with Crippen LogP contribution in [0.15, 0.2) is 32.3 Å². The van der Waals surface area contributed by atoms with E-state index in [1.165, 1.54) is 0 Å². The van der Waals surface area contributed by atoms with Gasteiger partial charge in [-0.3, -0.25) is 24.7 Å². The predicted molar refractivity (Wildman–Crippen MR) is 96.9 cm³/mol. The van der Waals surface area contributed by atoms with Crippen molar-refractivity contribution in [1.29, 1.82) is 0 Å². The normalized spacial score (nSPS) is 19.5. The van der Waals surface area contributed by atoms with Crippen molar-refractivity contribution in [2.45, 2.75) is 12.3 Å². The van der Waals surface area contributed by atoms with Gasteiger partial charge < -0.3 is 10.6 Å². The molecule has 26 heavy (non-hydrogen) atoms. The molecule has 1 spiro atoms. The van der Waals surface area contributed by atoms with Gasteiger partial charge in [-0.15, -0.1) is 0 Å². The number of carbonyl (C=O) groups excluding carboxylic acids is 1. The Hall–Kier alpha value is -3.14. The molecule has 2 aromatic heterocycles. The lowest BCUT2D eigenvalue weighted by Gasteiger charge is -2.33. The first kappa shape index (κ1) is 15.1. The molecular formula is C16H11BrN6O3. The maximum Gasteiger partial charge on any atom is 0.327 e. The minimum atomic E-state index is -1.43. The van der Waals surface area contributed by atoms with Crippen LogP contribution in [-0.2, 0) is 10.2 Å². The van der Waals surface area contributed by atoms with Crippen molar-refractivity contribution in [2.24, 2.45) is 0 Å². The van der Waals surface area contributed by atoms with Gasteiger partial charge in [0.05, 0.1) is 11.3 Å². The number of anilines is 3. The van der Waals surface area contributed by atoms with Gasteiger partial charge >= 0.3 is 5.69 Å². The zero-order chi connectivity index (χ0) is 18.2. The maximum atomic E-state index is 13.3. The highest BCUT2D eigenvalue weighted by molar-refractivity contribution is 9.10. The molecule has 0 saturated carbocycles. The summed E-state index contributed by atoms with van der Waals surface area (Å²) in [5.74, 6) is 0.158. The minimum absolute atomic E-state index is 0.128. The van der Waals surface area contributed by atoms with Crippen molar-refractivity contribution in [2.75, 3.05) is 10.6 Å². The van der Waals surface area contributed by atoms with E-state index in [1.54, 1.807) is 25.1 Å². The number of aromatic nitrogens is 4. The molecule has 2 aliphatic heterocycles. The number of carbonyl (C=O) groups is 1. The van der Waals surface area contributed by atoms with Gasteiger partial charge in [0, 0.05) is 21.3 Å². The van der Waals surface area contributed by atoms with Gasteiger partial charge in [0.15, 0.2) is 5.82 Å². The maximum absolute atomic E-state index is 13.3. The number of nitrogens with zero attached hydrogens (tertiary/aromatic N) is 1. The molecule has 130 valence electrons. The van der Waals surface area contributed by atoms with Crippen LogP contribution in [-0.4, -0.2) is 26.1 Å². The van der Waals surface area contributed by atoms with E-state index in [2.05, 4.69) is 46.7 Å². The Morgan fingerprint density at radius 1 is 1.08 bits per heavy atom. The monoisotopic (exact) mass is 414 g/mol. The summed E-state index contributed by atoms with van der Waals surface area (Å²) < 4.78 is 0.698. The van der Waals surface area contributed by atoms with Crippen LogP contribution in [0.1, 0.15) is 22.4 Å². The molecule has 0 saturated heterocycles. The van der Waals surface area contributed by atoms with Gasteiger partial charge in [-0.2, -0.15) is 5.10 Å². The van der Waals surface area contributed by atoms with Gasteiger partial charge in [-0.1, -0.05) is 12.1 Å². The Bertz CT molecular complexity index is 1240. The summed E-state index contributed by atoms with van der Waals surface area (Å²) in [6, 6.07) is 5.38. The molecule has 0 aliphatic carbocycles. The van der Waals surface area contributed by atoms with Crippen molar-refractivity contribution in [3.05, 3.63) is 65.9 Å². The van der Waals surface area contributed by atoms with Crippen LogP contribution in [0.2, 0.25) is 0 Å². The molecule has 0 fully saturated rings. The highest BCUT2D eigenvalue weighted by Crippen LogP contribution is 2.54. The fourth-order valence-electron chi connectivity index (χ4n) is 3.95. The number of rotatable bonds is 0. The Morgan fingerprint density at radius 3 is 2.69 bits per heavy atom. The first-order valence-electron chi connectivity index (χ1n) is 7.74. The molecule has 0 radical (unpaired) electrons. The molecule has 2 aliphatic rings. The van der Waals surface area contributed by atoms with Gasteiger partial charge in [-0.05, 0) is 28.9 Å². The Morgan fingerprint density at radius 2 is 1.88 bits per heavy atom. The Kier molecular flexibility index (Phi) is 2.75. The lowest BCUT2D eigenvalue weighted by molar-refractivity contribution is -0.118. The number of fused-ring (bicyclic) bond motifs is 6. The van der Waals surface area contributed by atoms with Crippen molar-refractivity contribution in [1.82, 2.24) is 20.2 Å². The van der Waals surface area contributed by atoms with Crippen molar-refractivity contribution >= 4 is 39.2 Å². The highest BCUT2D eigenvalue weighted by atomic mass is 79.9. The van der Waals surface area contributed by atoms with Crippen LogP contribution < -0.4 is 21.9 Å². The van der Waals surface area contributed by atoms with Crippen molar-refractivity contribution in [3.63, 3.8) is 0 Å². The number of benzene rings is 1. The van der Waals surface area contributed by atoms with Crippen LogP contribution in [0.4, 0.5) is 17.3 Å². The topological polar surface area (TPSA) is 136 Å². The molecule has 1 aromatic carbocycles. The molecule has 1 amide bonds. The van der Waals surface area contributed by atoms with Crippen molar-refractivity contribution < 1.29 is 4.79 Å². The second kappa shape index (κ2) is 4.73. The molecule has 10 heteroatoms. The number of para-hydroxylation sites is 1. The molecule has 0 bridgehead atoms. The van der Waals surface area contributed by atoms with E-state index in [4.69, 9.17) is 0 Å². The molecule has 4 heterocycles.